The molecule has 1 aromatic heterocycles. The number of nitrogens with zero attached hydrogens (tertiary/aromatic N) is 1. The molecule has 1 aromatic rings. The summed E-state index contributed by atoms with van der Waals surface area (Å²) in [5.74, 6) is 0.516. The van der Waals surface area contributed by atoms with Crippen molar-refractivity contribution >= 4 is 0 Å². The van der Waals surface area contributed by atoms with Crippen LogP contribution in [0, 0.1) is 6.92 Å². The van der Waals surface area contributed by atoms with Gasteiger partial charge in [-0.25, -0.2) is 9.37 Å². The summed E-state index contributed by atoms with van der Waals surface area (Å²) in [5.41, 5.74) is 0.929. The summed E-state index contributed by atoms with van der Waals surface area (Å²) >= 11 is 0. The Kier molecular flexibility index (Phi) is 3.02. The first-order valence-electron chi connectivity index (χ1n) is 3.88. The first-order valence-corrected chi connectivity index (χ1v) is 3.88. The average molecular weight is 169 g/mol. The SMILES string of the molecule is Cc1cccnc1OCC(C)F. The number of aromatic nitrogens is 1. The summed E-state index contributed by atoms with van der Waals surface area (Å²) in [7, 11) is 0. The van der Waals surface area contributed by atoms with Gasteiger partial charge in [-0.15, -0.1) is 0 Å². The Hall–Kier alpha value is -1.12. The molecule has 0 amide bonds. The van der Waals surface area contributed by atoms with Crippen LogP contribution in [0.4, 0.5) is 4.39 Å². The van der Waals surface area contributed by atoms with Crippen molar-refractivity contribution in [2.75, 3.05) is 6.61 Å². The van der Waals surface area contributed by atoms with Crippen LogP contribution in [0.2, 0.25) is 0 Å². The van der Waals surface area contributed by atoms with Gasteiger partial charge in [0, 0.05) is 11.8 Å². The van der Waals surface area contributed by atoms with Gasteiger partial charge in [0.25, 0.3) is 0 Å². The summed E-state index contributed by atoms with van der Waals surface area (Å²) in [6.45, 7) is 3.40. The summed E-state index contributed by atoms with van der Waals surface area (Å²) in [6.07, 6.45) is 0.678. The quantitative estimate of drug-likeness (QED) is 0.691. The zero-order valence-electron chi connectivity index (χ0n) is 7.25. The molecule has 0 aliphatic carbocycles. The second kappa shape index (κ2) is 4.04. The van der Waals surface area contributed by atoms with Gasteiger partial charge >= 0.3 is 0 Å². The number of ether oxygens (including phenoxy) is 1. The Morgan fingerprint density at radius 3 is 3.00 bits per heavy atom. The molecule has 0 aromatic carbocycles. The molecule has 1 atom stereocenters. The molecular weight excluding hydrogens is 157 g/mol. The van der Waals surface area contributed by atoms with Crippen LogP contribution in [-0.2, 0) is 0 Å². The van der Waals surface area contributed by atoms with Gasteiger partial charge in [-0.1, -0.05) is 6.07 Å². The van der Waals surface area contributed by atoms with Crippen molar-refractivity contribution in [3.05, 3.63) is 23.9 Å². The van der Waals surface area contributed by atoms with Crippen molar-refractivity contribution in [1.82, 2.24) is 4.98 Å². The van der Waals surface area contributed by atoms with Gasteiger partial charge in [-0.2, -0.15) is 0 Å². The third-order valence-electron chi connectivity index (χ3n) is 1.41. The predicted octanol–water partition coefficient (Wildman–Crippen LogP) is 2.13. The van der Waals surface area contributed by atoms with E-state index in [-0.39, 0.29) is 6.61 Å². The van der Waals surface area contributed by atoms with E-state index in [9.17, 15) is 4.39 Å². The van der Waals surface area contributed by atoms with Gasteiger partial charge in [-0.3, -0.25) is 0 Å². The zero-order valence-corrected chi connectivity index (χ0v) is 7.25. The van der Waals surface area contributed by atoms with Crippen molar-refractivity contribution in [2.45, 2.75) is 20.0 Å². The Morgan fingerprint density at radius 1 is 1.67 bits per heavy atom. The number of pyridine rings is 1. The molecule has 0 N–H and O–H groups in total. The molecule has 0 spiro atoms. The molecular formula is C9H12FNO. The molecule has 12 heavy (non-hydrogen) atoms. The lowest BCUT2D eigenvalue weighted by Crippen LogP contribution is -2.09. The van der Waals surface area contributed by atoms with E-state index in [4.69, 9.17) is 4.74 Å². The lowest BCUT2D eigenvalue weighted by Gasteiger charge is -2.07. The molecule has 0 saturated heterocycles. The van der Waals surface area contributed by atoms with Crippen LogP contribution in [0.15, 0.2) is 18.3 Å². The monoisotopic (exact) mass is 169 g/mol. The highest BCUT2D eigenvalue weighted by Gasteiger charge is 2.02. The van der Waals surface area contributed by atoms with Crippen molar-refractivity contribution < 1.29 is 9.13 Å². The Morgan fingerprint density at radius 2 is 2.42 bits per heavy atom. The van der Waals surface area contributed by atoms with Crippen LogP contribution in [0.5, 0.6) is 5.88 Å². The number of hydrogen-bond donors (Lipinski definition) is 0. The fraction of sp³-hybridized carbons (Fsp3) is 0.444. The van der Waals surface area contributed by atoms with Crippen LogP contribution >= 0.6 is 0 Å². The van der Waals surface area contributed by atoms with Crippen molar-refractivity contribution in [3.63, 3.8) is 0 Å². The maximum Gasteiger partial charge on any atom is 0.216 e. The third kappa shape index (κ3) is 2.49. The van der Waals surface area contributed by atoms with Gasteiger partial charge in [-0.05, 0) is 19.9 Å². The third-order valence-corrected chi connectivity index (χ3v) is 1.41. The van der Waals surface area contributed by atoms with Crippen LogP contribution in [0.1, 0.15) is 12.5 Å². The normalized spacial score (nSPS) is 12.6. The molecule has 0 saturated carbocycles. The van der Waals surface area contributed by atoms with Crippen LogP contribution in [-0.4, -0.2) is 17.8 Å². The van der Waals surface area contributed by atoms with E-state index in [0.29, 0.717) is 5.88 Å². The summed E-state index contributed by atoms with van der Waals surface area (Å²) < 4.78 is 17.5. The van der Waals surface area contributed by atoms with Crippen LogP contribution in [0.3, 0.4) is 0 Å². The number of aryl methyl sites for hydroxylation is 1. The molecule has 66 valence electrons. The number of hydrogen-bond acceptors (Lipinski definition) is 2. The fourth-order valence-corrected chi connectivity index (χ4v) is 0.816. The molecule has 1 heterocycles. The second-order valence-electron chi connectivity index (χ2n) is 2.72. The Balaban J connectivity index is 2.57. The highest BCUT2D eigenvalue weighted by molar-refractivity contribution is 5.23. The molecule has 0 radical (unpaired) electrons. The molecule has 0 fully saturated rings. The molecule has 0 aliphatic rings. The maximum atomic E-state index is 12.4. The van der Waals surface area contributed by atoms with Crippen molar-refractivity contribution in [3.8, 4) is 5.88 Å². The van der Waals surface area contributed by atoms with E-state index in [1.54, 1.807) is 6.20 Å². The first-order chi connectivity index (χ1) is 5.70. The van der Waals surface area contributed by atoms with Gasteiger partial charge in [0.15, 0.2) is 0 Å². The maximum absolute atomic E-state index is 12.4. The molecule has 0 bridgehead atoms. The number of halogens is 1. The average Bonchev–Trinajstić information content (AvgIpc) is 2.03. The molecule has 1 unspecified atom stereocenters. The summed E-state index contributed by atoms with van der Waals surface area (Å²) in [4.78, 5) is 3.96. The smallest absolute Gasteiger partial charge is 0.216 e. The van der Waals surface area contributed by atoms with Gasteiger partial charge < -0.3 is 4.74 Å². The lowest BCUT2D eigenvalue weighted by molar-refractivity contribution is 0.203. The largest absolute Gasteiger partial charge is 0.474 e. The van der Waals surface area contributed by atoms with E-state index in [0.717, 1.165) is 5.56 Å². The standard InChI is InChI=1S/C9H12FNO/c1-7-4-3-5-11-9(7)12-6-8(2)10/h3-5,8H,6H2,1-2H3. The van der Waals surface area contributed by atoms with Gasteiger partial charge in [0.1, 0.15) is 12.8 Å². The minimum Gasteiger partial charge on any atom is -0.474 e. The van der Waals surface area contributed by atoms with Gasteiger partial charge in [0.2, 0.25) is 5.88 Å². The highest BCUT2D eigenvalue weighted by atomic mass is 19.1. The van der Waals surface area contributed by atoms with Crippen molar-refractivity contribution in [1.29, 1.82) is 0 Å². The minimum absolute atomic E-state index is 0.0673. The van der Waals surface area contributed by atoms with E-state index in [1.807, 2.05) is 19.1 Å². The molecule has 0 aliphatic heterocycles. The molecule has 2 nitrogen and oxygen atoms in total. The topological polar surface area (TPSA) is 22.1 Å². The van der Waals surface area contributed by atoms with E-state index in [1.165, 1.54) is 6.92 Å². The molecule has 1 rings (SSSR count). The summed E-state index contributed by atoms with van der Waals surface area (Å²) in [6, 6.07) is 3.70. The Bertz CT molecular complexity index is 250. The van der Waals surface area contributed by atoms with Crippen molar-refractivity contribution in [2.24, 2.45) is 0 Å². The summed E-state index contributed by atoms with van der Waals surface area (Å²) in [5, 5.41) is 0. The number of alkyl halides is 1. The minimum atomic E-state index is -0.952. The molecule has 3 heteroatoms. The Labute approximate surface area is 71.4 Å². The second-order valence-corrected chi connectivity index (χ2v) is 2.72. The van der Waals surface area contributed by atoms with Gasteiger partial charge in [0.05, 0.1) is 0 Å². The van der Waals surface area contributed by atoms with E-state index >= 15 is 0 Å². The lowest BCUT2D eigenvalue weighted by atomic mass is 10.3. The zero-order chi connectivity index (χ0) is 8.97. The first kappa shape index (κ1) is 8.97. The van der Waals surface area contributed by atoms with Crippen LogP contribution in [0.25, 0.3) is 0 Å². The van der Waals surface area contributed by atoms with E-state index in [2.05, 4.69) is 4.98 Å². The van der Waals surface area contributed by atoms with E-state index < -0.39 is 6.17 Å². The number of rotatable bonds is 3. The highest BCUT2D eigenvalue weighted by Crippen LogP contribution is 2.12. The fourth-order valence-electron chi connectivity index (χ4n) is 0.816. The van der Waals surface area contributed by atoms with Crippen LogP contribution < -0.4 is 4.74 Å². The predicted molar refractivity (Wildman–Crippen MR) is 45.0 cm³/mol.